The second-order valence-electron chi connectivity index (χ2n) is 12.1. The molecule has 1 saturated heterocycles. The van der Waals surface area contributed by atoms with Crippen LogP contribution in [0.15, 0.2) is 10.8 Å². The lowest BCUT2D eigenvalue weighted by Gasteiger charge is -2.43. The first kappa shape index (κ1) is 29.2. The van der Waals surface area contributed by atoms with Gasteiger partial charge in [0.1, 0.15) is 11.6 Å². The van der Waals surface area contributed by atoms with Gasteiger partial charge in [-0.05, 0) is 72.5 Å². The molecule has 5 atom stereocenters. The SMILES string of the molecule is CC1CCC(C(=O)N[C@H](c2nnco2)[C@@H](C)O[Si](C)(C)C(C)(C)C)(C(C)O)N1C(=O)OC(C)(C)C. The van der Waals surface area contributed by atoms with Crippen molar-refractivity contribution in [2.45, 2.75) is 129 Å². The zero-order valence-corrected chi connectivity index (χ0v) is 24.1. The zero-order chi connectivity index (χ0) is 27.0. The smallest absolute Gasteiger partial charge is 0.411 e. The average Bonchev–Trinajstić information content (AvgIpc) is 3.31. The molecular weight excluding hydrogens is 468 g/mol. The molecular formula is C24H44N4O6Si. The fourth-order valence-electron chi connectivity index (χ4n) is 4.22. The minimum atomic E-state index is -2.21. The highest BCUT2D eigenvalue weighted by atomic mass is 28.4. The van der Waals surface area contributed by atoms with Crippen molar-refractivity contribution in [2.75, 3.05) is 0 Å². The molecule has 0 radical (unpaired) electrons. The molecule has 2 heterocycles. The van der Waals surface area contributed by atoms with E-state index in [1.165, 1.54) is 18.2 Å². The average molecular weight is 513 g/mol. The summed E-state index contributed by atoms with van der Waals surface area (Å²) >= 11 is 0. The van der Waals surface area contributed by atoms with Crippen LogP contribution >= 0.6 is 0 Å². The van der Waals surface area contributed by atoms with E-state index >= 15 is 0 Å². The standard InChI is InChI=1S/C24H44N4O6Si/c1-15-12-13-24(17(3)29,28(15)21(31)33-22(4,5)6)20(30)26-18(19-27-25-14-32-19)16(2)34-35(10,11)23(7,8)9/h14-18,29H,12-13H2,1-11H3,(H,26,30)/t15?,16-,17?,18+,24?/m1/s1. The maximum Gasteiger partial charge on any atom is 0.411 e. The van der Waals surface area contributed by atoms with Gasteiger partial charge in [0.25, 0.3) is 0 Å². The molecule has 1 aromatic rings. The molecule has 2 amide bonds. The molecule has 11 heteroatoms. The van der Waals surface area contributed by atoms with E-state index < -0.39 is 49.7 Å². The monoisotopic (exact) mass is 512 g/mol. The molecule has 0 aromatic carbocycles. The molecule has 0 bridgehead atoms. The van der Waals surface area contributed by atoms with Gasteiger partial charge in [0.2, 0.25) is 18.2 Å². The number of carbonyl (C=O) groups is 2. The van der Waals surface area contributed by atoms with Crippen molar-refractivity contribution in [3.63, 3.8) is 0 Å². The summed E-state index contributed by atoms with van der Waals surface area (Å²) in [5.41, 5.74) is -2.27. The van der Waals surface area contributed by atoms with Crippen molar-refractivity contribution < 1.29 is 28.3 Å². The molecule has 0 saturated carbocycles. The summed E-state index contributed by atoms with van der Waals surface area (Å²) in [6.45, 7) is 21.2. The molecule has 2 rings (SSSR count). The number of carbonyl (C=O) groups excluding carboxylic acids is 2. The van der Waals surface area contributed by atoms with E-state index in [-0.39, 0.29) is 23.4 Å². The molecule has 1 aliphatic rings. The van der Waals surface area contributed by atoms with Gasteiger partial charge in [-0.15, -0.1) is 10.2 Å². The second-order valence-corrected chi connectivity index (χ2v) is 16.9. The Balaban J connectivity index is 2.43. The van der Waals surface area contributed by atoms with Crippen molar-refractivity contribution in [3.05, 3.63) is 12.3 Å². The van der Waals surface area contributed by atoms with E-state index in [1.807, 2.05) is 13.8 Å². The van der Waals surface area contributed by atoms with E-state index in [9.17, 15) is 14.7 Å². The molecule has 1 aliphatic heterocycles. The van der Waals surface area contributed by atoms with Crippen LogP contribution in [-0.2, 0) is 14.0 Å². The Morgan fingerprint density at radius 1 is 1.26 bits per heavy atom. The molecule has 1 fully saturated rings. The summed E-state index contributed by atoms with van der Waals surface area (Å²) in [5, 5.41) is 21.6. The lowest BCUT2D eigenvalue weighted by Crippen LogP contribution is -2.65. The summed E-state index contributed by atoms with van der Waals surface area (Å²) in [6, 6.07) is -1.07. The Kier molecular flexibility index (Phi) is 8.50. The lowest BCUT2D eigenvalue weighted by molar-refractivity contribution is -0.141. The van der Waals surface area contributed by atoms with E-state index in [1.54, 1.807) is 20.8 Å². The Morgan fingerprint density at radius 3 is 2.31 bits per heavy atom. The number of aliphatic hydroxyl groups is 1. The molecule has 35 heavy (non-hydrogen) atoms. The van der Waals surface area contributed by atoms with E-state index in [4.69, 9.17) is 13.6 Å². The van der Waals surface area contributed by atoms with Gasteiger partial charge in [-0.3, -0.25) is 9.69 Å². The molecule has 1 aromatic heterocycles. The van der Waals surface area contributed by atoms with Gasteiger partial charge in [0.05, 0.1) is 12.2 Å². The minimum Gasteiger partial charge on any atom is -0.444 e. The first-order valence-electron chi connectivity index (χ1n) is 12.3. The van der Waals surface area contributed by atoms with Crippen molar-refractivity contribution in [3.8, 4) is 0 Å². The van der Waals surface area contributed by atoms with E-state index in [0.29, 0.717) is 6.42 Å². The largest absolute Gasteiger partial charge is 0.444 e. The predicted octanol–water partition coefficient (Wildman–Crippen LogP) is 4.18. The summed E-state index contributed by atoms with van der Waals surface area (Å²) in [4.78, 5) is 28.5. The maximum atomic E-state index is 14.0. The molecule has 0 aliphatic carbocycles. The third-order valence-corrected chi connectivity index (χ3v) is 11.7. The number of aliphatic hydroxyl groups excluding tert-OH is 1. The topological polar surface area (TPSA) is 127 Å². The number of hydrogen-bond donors (Lipinski definition) is 2. The Morgan fingerprint density at radius 2 is 1.86 bits per heavy atom. The summed E-state index contributed by atoms with van der Waals surface area (Å²) in [7, 11) is -2.21. The van der Waals surface area contributed by atoms with Crippen LogP contribution in [0.1, 0.15) is 87.1 Å². The van der Waals surface area contributed by atoms with E-state index in [0.717, 1.165) is 0 Å². The van der Waals surface area contributed by atoms with Crippen LogP contribution in [0.4, 0.5) is 4.79 Å². The third-order valence-electron chi connectivity index (χ3n) is 7.17. The molecule has 200 valence electrons. The van der Waals surface area contributed by atoms with Gasteiger partial charge in [-0.1, -0.05) is 20.8 Å². The number of nitrogens with one attached hydrogen (secondary N) is 1. The van der Waals surface area contributed by atoms with Gasteiger partial charge in [-0.2, -0.15) is 0 Å². The molecule has 3 unspecified atom stereocenters. The number of ether oxygens (including phenoxy) is 1. The number of rotatable bonds is 7. The normalized spacial score (nSPS) is 24.1. The van der Waals surface area contributed by atoms with Crippen molar-refractivity contribution in [2.24, 2.45) is 0 Å². The quantitative estimate of drug-likeness (QED) is 0.521. The van der Waals surface area contributed by atoms with Gasteiger partial charge in [0, 0.05) is 6.04 Å². The zero-order valence-electron chi connectivity index (χ0n) is 23.1. The summed E-state index contributed by atoms with van der Waals surface area (Å²) in [5.74, 6) is -0.322. The number of aromatic nitrogens is 2. The maximum absolute atomic E-state index is 14.0. The third kappa shape index (κ3) is 6.24. The molecule has 10 nitrogen and oxygen atoms in total. The lowest BCUT2D eigenvalue weighted by atomic mass is 9.88. The highest BCUT2D eigenvalue weighted by Crippen LogP contribution is 2.41. The highest BCUT2D eigenvalue weighted by molar-refractivity contribution is 6.74. The van der Waals surface area contributed by atoms with Gasteiger partial charge >= 0.3 is 6.09 Å². The fraction of sp³-hybridized carbons (Fsp3) is 0.833. The predicted molar refractivity (Wildman–Crippen MR) is 134 cm³/mol. The fourth-order valence-corrected chi connectivity index (χ4v) is 5.64. The van der Waals surface area contributed by atoms with Crippen LogP contribution in [0.3, 0.4) is 0 Å². The van der Waals surface area contributed by atoms with Crippen LogP contribution in [-0.4, -0.2) is 69.9 Å². The van der Waals surface area contributed by atoms with Crippen LogP contribution < -0.4 is 5.32 Å². The van der Waals surface area contributed by atoms with Crippen molar-refractivity contribution in [1.29, 1.82) is 0 Å². The number of hydrogen-bond acceptors (Lipinski definition) is 8. The Bertz CT molecular complexity index is 878. The first-order valence-corrected chi connectivity index (χ1v) is 15.2. The van der Waals surface area contributed by atoms with Gasteiger partial charge < -0.3 is 24.0 Å². The Hall–Kier alpha value is -1.98. The van der Waals surface area contributed by atoms with E-state index in [2.05, 4.69) is 49.4 Å². The van der Waals surface area contributed by atoms with Crippen LogP contribution in [0.2, 0.25) is 18.1 Å². The summed E-state index contributed by atoms with van der Waals surface area (Å²) in [6.07, 6.45) is -0.273. The van der Waals surface area contributed by atoms with Gasteiger partial charge in [0.15, 0.2) is 13.9 Å². The second kappa shape index (κ2) is 10.2. The van der Waals surface area contributed by atoms with Crippen molar-refractivity contribution in [1.82, 2.24) is 20.4 Å². The minimum absolute atomic E-state index is 0.0557. The summed E-state index contributed by atoms with van der Waals surface area (Å²) < 4.78 is 17.6. The Labute approximate surface area is 210 Å². The van der Waals surface area contributed by atoms with Crippen LogP contribution in [0.5, 0.6) is 0 Å². The van der Waals surface area contributed by atoms with Gasteiger partial charge in [-0.25, -0.2) is 4.79 Å². The number of amides is 2. The van der Waals surface area contributed by atoms with Crippen LogP contribution in [0.25, 0.3) is 0 Å². The molecule has 2 N–H and O–H groups in total. The number of likely N-dealkylation sites (tertiary alicyclic amines) is 1. The highest BCUT2D eigenvalue weighted by Gasteiger charge is 2.57. The molecule has 0 spiro atoms. The first-order chi connectivity index (χ1) is 15.8. The van der Waals surface area contributed by atoms with Crippen LogP contribution in [0, 0.1) is 0 Å². The number of nitrogens with zero attached hydrogens (tertiary/aromatic N) is 3. The van der Waals surface area contributed by atoms with Crippen molar-refractivity contribution >= 4 is 20.3 Å².